The van der Waals surface area contributed by atoms with Gasteiger partial charge < -0.3 is 4.90 Å². The summed E-state index contributed by atoms with van der Waals surface area (Å²) in [6.07, 6.45) is 1.91. The number of rotatable bonds is 2. The molecule has 0 unspecified atom stereocenters. The highest BCUT2D eigenvalue weighted by atomic mass is 35.5. The zero-order valence-corrected chi connectivity index (χ0v) is 16.5. The lowest BCUT2D eigenvalue weighted by Gasteiger charge is -2.30. The molecule has 4 nitrogen and oxygen atoms in total. The summed E-state index contributed by atoms with van der Waals surface area (Å²) < 4.78 is 1.17. The zero-order valence-electron chi connectivity index (χ0n) is 14.1. The van der Waals surface area contributed by atoms with Gasteiger partial charge in [0.1, 0.15) is 4.88 Å². The average Bonchev–Trinajstić information content (AvgIpc) is 3.16. The third kappa shape index (κ3) is 3.30. The van der Waals surface area contributed by atoms with E-state index in [2.05, 4.69) is 4.98 Å². The number of hydrogen-bond acceptors (Lipinski definition) is 5. The Balaban J connectivity index is 1.47. The molecule has 0 N–H and O–H groups in total. The molecule has 1 saturated heterocycles. The monoisotopic (exact) mass is 391 g/mol. The first kappa shape index (κ1) is 16.9. The van der Waals surface area contributed by atoms with Crippen LogP contribution < -0.4 is 0 Å². The second-order valence-electron chi connectivity index (χ2n) is 6.38. The van der Waals surface area contributed by atoms with E-state index in [0.29, 0.717) is 5.92 Å². The van der Waals surface area contributed by atoms with Crippen LogP contribution in [0.1, 0.15) is 44.1 Å². The third-order valence-electron chi connectivity index (χ3n) is 4.60. The highest BCUT2D eigenvalue weighted by Crippen LogP contribution is 2.35. The van der Waals surface area contributed by atoms with Crippen LogP contribution in [0.15, 0.2) is 18.2 Å². The Morgan fingerprint density at radius 3 is 2.64 bits per heavy atom. The van der Waals surface area contributed by atoms with E-state index < -0.39 is 0 Å². The fourth-order valence-electron chi connectivity index (χ4n) is 3.30. The molecule has 1 fully saturated rings. The molecule has 7 heteroatoms. The predicted molar refractivity (Wildman–Crippen MR) is 104 cm³/mol. The Bertz CT molecular complexity index is 941. The van der Waals surface area contributed by atoms with Crippen molar-refractivity contribution in [1.82, 2.24) is 14.9 Å². The van der Waals surface area contributed by atoms with Gasteiger partial charge in [0.25, 0.3) is 5.91 Å². The molecule has 2 aromatic heterocycles. The number of hydrogen-bond donors (Lipinski definition) is 0. The van der Waals surface area contributed by atoms with Crippen LogP contribution in [0.4, 0.5) is 0 Å². The summed E-state index contributed by atoms with van der Waals surface area (Å²) in [4.78, 5) is 24.6. The van der Waals surface area contributed by atoms with Gasteiger partial charge in [0, 0.05) is 24.0 Å². The number of likely N-dealkylation sites (tertiary alicyclic amines) is 1. The lowest BCUT2D eigenvalue weighted by Crippen LogP contribution is -2.37. The molecule has 1 amide bonds. The molecule has 1 aliphatic heterocycles. The molecule has 0 bridgehead atoms. The largest absolute Gasteiger partial charge is 0.338 e. The minimum atomic E-state index is 0.123. The first-order valence-corrected chi connectivity index (χ1v) is 10.3. The summed E-state index contributed by atoms with van der Waals surface area (Å²) in [5.74, 6) is 0.544. The van der Waals surface area contributed by atoms with E-state index >= 15 is 0 Å². The molecule has 0 spiro atoms. The quantitative estimate of drug-likeness (QED) is 0.614. The second-order valence-corrected chi connectivity index (χ2v) is 9.08. The summed E-state index contributed by atoms with van der Waals surface area (Å²) in [6.45, 7) is 5.41. The molecule has 1 aliphatic rings. The molecule has 25 heavy (non-hydrogen) atoms. The molecule has 4 rings (SSSR count). The standard InChI is InChI=1S/C18H18ClN3OS2/c1-10-16(24-11(2)20-10)18(23)22-7-5-12(6-8-22)17-21-14-9-13(19)3-4-15(14)25-17/h3-4,9,12H,5-8H2,1-2H3. The van der Waals surface area contributed by atoms with Gasteiger partial charge >= 0.3 is 0 Å². The van der Waals surface area contributed by atoms with Crippen molar-refractivity contribution in [3.05, 3.63) is 43.8 Å². The maximum Gasteiger partial charge on any atom is 0.265 e. The van der Waals surface area contributed by atoms with E-state index in [1.807, 2.05) is 36.9 Å². The summed E-state index contributed by atoms with van der Waals surface area (Å²) >= 11 is 9.29. The average molecular weight is 392 g/mol. The highest BCUT2D eigenvalue weighted by molar-refractivity contribution is 7.18. The smallest absolute Gasteiger partial charge is 0.265 e. The molecule has 3 heterocycles. The third-order valence-corrected chi connectivity index (χ3v) is 7.09. The minimum absolute atomic E-state index is 0.123. The number of thiazole rings is 2. The molecule has 0 saturated carbocycles. The molecule has 130 valence electrons. The van der Waals surface area contributed by atoms with Crippen molar-refractivity contribution in [3.63, 3.8) is 0 Å². The number of aromatic nitrogens is 2. The first-order valence-electron chi connectivity index (χ1n) is 8.30. The van der Waals surface area contributed by atoms with E-state index in [1.165, 1.54) is 16.0 Å². The number of halogens is 1. The van der Waals surface area contributed by atoms with E-state index in [0.717, 1.165) is 57.1 Å². The predicted octanol–water partition coefficient (Wildman–Crippen LogP) is 5.04. The molecule has 3 aromatic rings. The number of carbonyl (C=O) groups excluding carboxylic acids is 1. The van der Waals surface area contributed by atoms with Gasteiger partial charge in [0.15, 0.2) is 0 Å². The Kier molecular flexibility index (Phi) is 4.52. The molecular formula is C18H18ClN3OS2. The van der Waals surface area contributed by atoms with Crippen molar-refractivity contribution in [3.8, 4) is 0 Å². The van der Waals surface area contributed by atoms with Gasteiger partial charge in [-0.3, -0.25) is 4.79 Å². The normalized spacial score (nSPS) is 15.9. The Morgan fingerprint density at radius 2 is 1.96 bits per heavy atom. The maximum atomic E-state index is 12.7. The van der Waals surface area contributed by atoms with E-state index in [1.54, 1.807) is 11.3 Å². The van der Waals surface area contributed by atoms with Crippen molar-refractivity contribution in [2.24, 2.45) is 0 Å². The van der Waals surface area contributed by atoms with Crippen LogP contribution in [-0.2, 0) is 0 Å². The summed E-state index contributed by atoms with van der Waals surface area (Å²) in [7, 11) is 0. The van der Waals surface area contributed by atoms with E-state index in [4.69, 9.17) is 16.6 Å². The fourth-order valence-corrected chi connectivity index (χ4v) is 5.47. The Morgan fingerprint density at radius 1 is 1.20 bits per heavy atom. The van der Waals surface area contributed by atoms with Gasteiger partial charge in [0.05, 0.1) is 25.9 Å². The zero-order chi connectivity index (χ0) is 17.6. The number of amides is 1. The van der Waals surface area contributed by atoms with E-state index in [-0.39, 0.29) is 5.91 Å². The van der Waals surface area contributed by atoms with Crippen molar-refractivity contribution in [2.45, 2.75) is 32.6 Å². The number of aryl methyl sites for hydroxylation is 2. The van der Waals surface area contributed by atoms with Crippen LogP contribution in [0.25, 0.3) is 10.2 Å². The van der Waals surface area contributed by atoms with Crippen LogP contribution in [0, 0.1) is 13.8 Å². The van der Waals surface area contributed by atoms with Crippen molar-refractivity contribution >= 4 is 50.4 Å². The molecular weight excluding hydrogens is 374 g/mol. The fraction of sp³-hybridized carbons (Fsp3) is 0.389. The summed E-state index contributed by atoms with van der Waals surface area (Å²) in [5, 5.41) is 2.83. The number of benzene rings is 1. The van der Waals surface area contributed by atoms with Crippen molar-refractivity contribution < 1.29 is 4.79 Å². The van der Waals surface area contributed by atoms with Crippen LogP contribution in [-0.4, -0.2) is 33.9 Å². The van der Waals surface area contributed by atoms with Crippen molar-refractivity contribution in [2.75, 3.05) is 13.1 Å². The van der Waals surface area contributed by atoms with Gasteiger partial charge in [-0.25, -0.2) is 9.97 Å². The van der Waals surface area contributed by atoms with E-state index in [9.17, 15) is 4.79 Å². The maximum absolute atomic E-state index is 12.7. The molecule has 0 aliphatic carbocycles. The Labute approximate surface area is 159 Å². The van der Waals surface area contributed by atoms with Gasteiger partial charge in [0.2, 0.25) is 0 Å². The molecule has 0 radical (unpaired) electrons. The van der Waals surface area contributed by atoms with Gasteiger partial charge in [-0.15, -0.1) is 22.7 Å². The van der Waals surface area contributed by atoms with Crippen LogP contribution in [0.3, 0.4) is 0 Å². The van der Waals surface area contributed by atoms with Gasteiger partial charge in [-0.1, -0.05) is 11.6 Å². The lowest BCUT2D eigenvalue weighted by atomic mass is 9.97. The number of nitrogens with zero attached hydrogens (tertiary/aromatic N) is 3. The Hall–Kier alpha value is -1.50. The van der Waals surface area contributed by atoms with Crippen LogP contribution >= 0.6 is 34.3 Å². The lowest BCUT2D eigenvalue weighted by molar-refractivity contribution is 0.0717. The summed E-state index contributed by atoms with van der Waals surface area (Å²) in [6, 6.07) is 5.86. The first-order chi connectivity index (χ1) is 12.0. The SMILES string of the molecule is Cc1nc(C)c(C(=O)N2CCC(c3nc4cc(Cl)ccc4s3)CC2)s1. The molecule has 1 aromatic carbocycles. The summed E-state index contributed by atoms with van der Waals surface area (Å²) in [5.41, 5.74) is 1.82. The number of carbonyl (C=O) groups is 1. The number of fused-ring (bicyclic) bond motifs is 1. The van der Waals surface area contributed by atoms with Gasteiger partial charge in [-0.2, -0.15) is 0 Å². The number of piperidine rings is 1. The van der Waals surface area contributed by atoms with Crippen LogP contribution in [0.5, 0.6) is 0 Å². The van der Waals surface area contributed by atoms with Crippen LogP contribution in [0.2, 0.25) is 5.02 Å². The molecule has 0 atom stereocenters. The highest BCUT2D eigenvalue weighted by Gasteiger charge is 2.28. The van der Waals surface area contributed by atoms with Gasteiger partial charge in [-0.05, 0) is 44.9 Å². The second kappa shape index (κ2) is 6.67. The minimum Gasteiger partial charge on any atom is -0.338 e. The topological polar surface area (TPSA) is 46.1 Å². The van der Waals surface area contributed by atoms with Crippen molar-refractivity contribution in [1.29, 1.82) is 0 Å².